The van der Waals surface area contributed by atoms with Gasteiger partial charge in [-0.25, -0.2) is 4.98 Å². The molecule has 2 unspecified atom stereocenters. The fourth-order valence-electron chi connectivity index (χ4n) is 2.99. The number of aliphatic hydroxyl groups is 1. The summed E-state index contributed by atoms with van der Waals surface area (Å²) in [6.45, 7) is 3.68. The van der Waals surface area contributed by atoms with Crippen LogP contribution >= 0.6 is 0 Å². The zero-order valence-corrected chi connectivity index (χ0v) is 18.3. The van der Waals surface area contributed by atoms with E-state index < -0.39 is 23.8 Å². The molecule has 5 nitrogen and oxygen atoms in total. The number of ether oxygens (including phenoxy) is 2. The molecule has 0 aliphatic carbocycles. The zero-order valence-electron chi connectivity index (χ0n) is 18.3. The molecule has 8 heteroatoms. The first kappa shape index (κ1) is 24.1. The lowest BCUT2D eigenvalue weighted by Gasteiger charge is -2.15. The highest BCUT2D eigenvalue weighted by Crippen LogP contribution is 2.30. The van der Waals surface area contributed by atoms with Crippen LogP contribution in [0.3, 0.4) is 0 Å². The fraction of sp³-hybridized carbons (Fsp3) is 0.280. The number of alkyl halides is 3. The maximum atomic E-state index is 12.7. The quantitative estimate of drug-likeness (QED) is 0.534. The Morgan fingerprint density at radius 2 is 1.70 bits per heavy atom. The van der Waals surface area contributed by atoms with Crippen LogP contribution in [0.5, 0.6) is 11.6 Å². The van der Waals surface area contributed by atoms with Crippen molar-refractivity contribution in [3.63, 3.8) is 0 Å². The van der Waals surface area contributed by atoms with E-state index in [2.05, 4.69) is 21.8 Å². The Bertz CT molecular complexity index is 1130. The lowest BCUT2D eigenvalue weighted by atomic mass is 9.94. The van der Waals surface area contributed by atoms with E-state index in [0.717, 1.165) is 23.4 Å². The lowest BCUT2D eigenvalue weighted by Crippen LogP contribution is -2.14. The summed E-state index contributed by atoms with van der Waals surface area (Å²) in [5, 5.41) is 10.4. The molecule has 0 fully saturated rings. The summed E-state index contributed by atoms with van der Waals surface area (Å²) in [7, 11) is 1.60. The first-order valence-electron chi connectivity index (χ1n) is 10.1. The van der Waals surface area contributed by atoms with E-state index in [1.165, 1.54) is 12.1 Å². The van der Waals surface area contributed by atoms with Crippen molar-refractivity contribution in [2.24, 2.45) is 0 Å². The van der Waals surface area contributed by atoms with Crippen LogP contribution in [0.15, 0.2) is 54.6 Å². The van der Waals surface area contributed by atoms with Crippen molar-refractivity contribution in [3.05, 3.63) is 82.8 Å². The topological polar surface area (TPSA) is 64.5 Å². The second-order valence-electron chi connectivity index (χ2n) is 7.40. The van der Waals surface area contributed by atoms with Crippen molar-refractivity contribution in [2.75, 3.05) is 7.11 Å². The molecule has 0 aliphatic rings. The molecule has 0 radical (unpaired) electrons. The molecule has 0 saturated heterocycles. The van der Waals surface area contributed by atoms with E-state index in [0.29, 0.717) is 29.6 Å². The van der Waals surface area contributed by atoms with Gasteiger partial charge >= 0.3 is 6.18 Å². The largest absolute Gasteiger partial charge is 0.497 e. The number of benzene rings is 2. The third-order valence-corrected chi connectivity index (χ3v) is 4.95. The Balaban J connectivity index is 1.67. The summed E-state index contributed by atoms with van der Waals surface area (Å²) in [6, 6.07) is 13.7. The van der Waals surface area contributed by atoms with Crippen molar-refractivity contribution in [3.8, 4) is 23.5 Å². The molecular formula is C25H23F3N2O3. The molecule has 172 valence electrons. The number of aryl methyl sites for hydroxylation is 1. The highest BCUT2D eigenvalue weighted by atomic mass is 19.4. The Labute approximate surface area is 190 Å². The van der Waals surface area contributed by atoms with E-state index in [1.807, 2.05) is 24.3 Å². The normalized spacial score (nSPS) is 12.9. The monoisotopic (exact) mass is 456 g/mol. The van der Waals surface area contributed by atoms with Gasteiger partial charge in [-0.3, -0.25) is 0 Å². The highest BCUT2D eigenvalue weighted by molar-refractivity contribution is 5.35. The van der Waals surface area contributed by atoms with Gasteiger partial charge in [0.15, 0.2) is 0 Å². The number of rotatable bonds is 6. The van der Waals surface area contributed by atoms with E-state index in [1.54, 1.807) is 27.0 Å². The van der Waals surface area contributed by atoms with Crippen molar-refractivity contribution in [1.82, 2.24) is 9.97 Å². The van der Waals surface area contributed by atoms with E-state index in [-0.39, 0.29) is 0 Å². The summed E-state index contributed by atoms with van der Waals surface area (Å²) in [4.78, 5) is 8.48. The van der Waals surface area contributed by atoms with E-state index >= 15 is 0 Å². The molecule has 2 aromatic carbocycles. The summed E-state index contributed by atoms with van der Waals surface area (Å²) >= 11 is 0. The van der Waals surface area contributed by atoms with E-state index in [9.17, 15) is 18.3 Å². The minimum atomic E-state index is -4.40. The molecule has 0 bridgehead atoms. The van der Waals surface area contributed by atoms with Crippen LogP contribution in [-0.2, 0) is 12.8 Å². The van der Waals surface area contributed by atoms with Gasteiger partial charge < -0.3 is 14.6 Å². The van der Waals surface area contributed by atoms with Crippen molar-refractivity contribution >= 4 is 0 Å². The predicted octanol–water partition coefficient (Wildman–Crippen LogP) is 4.91. The minimum absolute atomic E-state index is 0.293. The third-order valence-electron chi connectivity index (χ3n) is 4.95. The van der Waals surface area contributed by atoms with Crippen LogP contribution in [0.2, 0.25) is 0 Å². The lowest BCUT2D eigenvalue weighted by molar-refractivity contribution is -0.137. The van der Waals surface area contributed by atoms with Gasteiger partial charge in [-0.05, 0) is 48.2 Å². The summed E-state index contributed by atoms with van der Waals surface area (Å²) < 4.78 is 49.1. The number of halogens is 3. The molecule has 1 heterocycles. The maximum Gasteiger partial charge on any atom is 0.416 e. The third kappa shape index (κ3) is 6.70. The second kappa shape index (κ2) is 10.4. The van der Waals surface area contributed by atoms with Gasteiger partial charge in [-0.15, -0.1) is 0 Å². The molecule has 33 heavy (non-hydrogen) atoms. The molecule has 0 saturated carbocycles. The van der Waals surface area contributed by atoms with Gasteiger partial charge in [-0.1, -0.05) is 37.1 Å². The van der Waals surface area contributed by atoms with Crippen LogP contribution in [-0.4, -0.2) is 28.3 Å². The summed E-state index contributed by atoms with van der Waals surface area (Å²) in [5.41, 5.74) is 1.11. The Kier molecular flexibility index (Phi) is 7.56. The molecule has 1 aromatic heterocycles. The molecule has 0 amide bonds. The molecular weight excluding hydrogens is 433 g/mol. The Morgan fingerprint density at radius 3 is 2.30 bits per heavy atom. The molecule has 2 atom stereocenters. The van der Waals surface area contributed by atoms with Gasteiger partial charge in [0, 0.05) is 12.0 Å². The average Bonchev–Trinajstić information content (AvgIpc) is 2.80. The number of aliphatic hydroxyl groups excluding tert-OH is 1. The maximum absolute atomic E-state index is 12.7. The van der Waals surface area contributed by atoms with Crippen LogP contribution in [0.4, 0.5) is 13.2 Å². The van der Waals surface area contributed by atoms with Gasteiger partial charge in [0.05, 0.1) is 12.7 Å². The van der Waals surface area contributed by atoms with E-state index in [4.69, 9.17) is 9.47 Å². The summed E-state index contributed by atoms with van der Waals surface area (Å²) in [5.74, 6) is 6.56. The molecule has 3 rings (SSSR count). The first-order valence-corrected chi connectivity index (χ1v) is 10.1. The van der Waals surface area contributed by atoms with Crippen LogP contribution in [0.1, 0.15) is 41.1 Å². The standard InChI is InChI=1S/C25H23F3N2O3/c1-16(19-6-8-20(9-7-19)25(26,27)28)23(31)13-10-21-14-24(30-17(2)29-21)33-15-18-4-11-22(32-3)12-5-18/h4-9,11-12,14,16,23,31H,15H2,1-3H3. The predicted molar refractivity (Wildman–Crippen MR) is 117 cm³/mol. The molecule has 0 aliphatic heterocycles. The number of aromatic nitrogens is 2. The van der Waals surface area contributed by atoms with Crippen LogP contribution in [0.25, 0.3) is 0 Å². The minimum Gasteiger partial charge on any atom is -0.497 e. The molecule has 3 aromatic rings. The molecule has 1 N–H and O–H groups in total. The number of methoxy groups -OCH3 is 1. The van der Waals surface area contributed by atoms with Crippen molar-refractivity contribution < 1.29 is 27.8 Å². The zero-order chi connectivity index (χ0) is 24.0. The Hall–Kier alpha value is -3.57. The summed E-state index contributed by atoms with van der Waals surface area (Å²) in [6.07, 6.45) is -5.50. The van der Waals surface area contributed by atoms with Crippen molar-refractivity contribution in [1.29, 1.82) is 0 Å². The molecule has 0 spiro atoms. The number of hydrogen-bond acceptors (Lipinski definition) is 5. The van der Waals surface area contributed by atoms with Gasteiger partial charge in [0.2, 0.25) is 5.88 Å². The smallest absolute Gasteiger partial charge is 0.416 e. The van der Waals surface area contributed by atoms with Gasteiger partial charge in [-0.2, -0.15) is 18.2 Å². The Morgan fingerprint density at radius 1 is 1.03 bits per heavy atom. The van der Waals surface area contributed by atoms with Gasteiger partial charge in [0.25, 0.3) is 0 Å². The average molecular weight is 456 g/mol. The fourth-order valence-corrected chi connectivity index (χ4v) is 2.99. The first-order chi connectivity index (χ1) is 15.7. The SMILES string of the molecule is COc1ccc(COc2cc(C#CC(O)C(C)c3ccc(C(F)(F)F)cc3)nc(C)n2)cc1. The van der Waals surface area contributed by atoms with Gasteiger partial charge in [0.1, 0.15) is 30.0 Å². The number of hydrogen-bond donors (Lipinski definition) is 1. The van der Waals surface area contributed by atoms with Crippen LogP contribution in [0, 0.1) is 18.8 Å². The van der Waals surface area contributed by atoms with Crippen molar-refractivity contribution in [2.45, 2.75) is 38.7 Å². The highest BCUT2D eigenvalue weighted by Gasteiger charge is 2.30. The van der Waals surface area contributed by atoms with Crippen LogP contribution < -0.4 is 9.47 Å². The number of nitrogens with zero attached hydrogens (tertiary/aromatic N) is 2. The second-order valence-corrected chi connectivity index (χ2v) is 7.40.